The summed E-state index contributed by atoms with van der Waals surface area (Å²) in [7, 11) is 0. The minimum absolute atomic E-state index is 0.265. The number of fused-ring (bicyclic) bond motifs is 19. The van der Waals surface area contributed by atoms with E-state index in [1.54, 1.807) is 0 Å². The van der Waals surface area contributed by atoms with Crippen LogP contribution in [0, 0.1) is 5.92 Å². The van der Waals surface area contributed by atoms with E-state index in [1.807, 2.05) is 48.5 Å². The summed E-state index contributed by atoms with van der Waals surface area (Å²) < 4.78 is 0. The van der Waals surface area contributed by atoms with Crippen LogP contribution in [0.4, 0.5) is 0 Å². The normalized spacial score (nSPS) is 15.9. The SMILES string of the molecule is CC1CC=CC2=C1c1nc2nc2[nH]c(nc3nc(nc4[nH]c(n1)c1ccccc41)-c1ccccc1-3)c1ccccc21. The molecule has 0 amide bonds. The number of nitrogens with one attached hydrogen (secondary N) is 2. The molecule has 2 N–H and O–H groups in total. The molecule has 8 bridgehead atoms. The third kappa shape index (κ3) is 3.27. The highest BCUT2D eigenvalue weighted by Gasteiger charge is 2.28. The van der Waals surface area contributed by atoms with Crippen LogP contribution in [0.1, 0.15) is 25.0 Å². The lowest BCUT2D eigenvalue weighted by molar-refractivity contribution is 0.757. The number of allylic oxidation sites excluding steroid dienone is 4. The molecule has 8 nitrogen and oxygen atoms in total. The summed E-state index contributed by atoms with van der Waals surface area (Å²) in [6.07, 6.45) is 5.25. The molecule has 0 saturated carbocycles. The lowest BCUT2D eigenvalue weighted by Crippen LogP contribution is -2.02. The molecule has 2 aliphatic heterocycles. The smallest absolute Gasteiger partial charge is 0.164 e. The second-order valence-electron chi connectivity index (χ2n) is 10.6. The van der Waals surface area contributed by atoms with E-state index in [1.165, 1.54) is 0 Å². The van der Waals surface area contributed by atoms with E-state index in [9.17, 15) is 0 Å². The highest BCUT2D eigenvalue weighted by molar-refractivity contribution is 6.06. The Morgan fingerprint density at radius 1 is 0.537 bits per heavy atom. The number of nitrogens with zero attached hydrogens (tertiary/aromatic N) is 6. The number of rotatable bonds is 0. The van der Waals surface area contributed by atoms with E-state index in [2.05, 4.69) is 53.3 Å². The Hall–Kier alpha value is -5.50. The third-order valence-corrected chi connectivity index (χ3v) is 8.09. The fraction of sp³-hybridized carbons (Fsp3) is 0.0909. The van der Waals surface area contributed by atoms with E-state index >= 15 is 0 Å². The minimum atomic E-state index is 0.265. The molecule has 3 aromatic heterocycles. The van der Waals surface area contributed by atoms with Crippen molar-refractivity contribution in [2.24, 2.45) is 5.92 Å². The third-order valence-electron chi connectivity index (χ3n) is 8.09. The minimum Gasteiger partial charge on any atom is -0.324 e. The highest BCUT2D eigenvalue weighted by atomic mass is 15.1. The average Bonchev–Trinajstić information content (AvgIpc) is 3.73. The Balaban J connectivity index is 1.50. The molecule has 1 unspecified atom stereocenters. The van der Waals surface area contributed by atoms with Crippen molar-refractivity contribution in [1.82, 2.24) is 39.9 Å². The van der Waals surface area contributed by atoms with Crippen molar-refractivity contribution in [3.05, 3.63) is 96.6 Å². The molecule has 0 saturated heterocycles. The second-order valence-corrected chi connectivity index (χ2v) is 10.6. The van der Waals surface area contributed by atoms with Gasteiger partial charge in [0.25, 0.3) is 0 Å². The van der Waals surface area contributed by atoms with Crippen LogP contribution < -0.4 is 0 Å². The fourth-order valence-electron chi connectivity index (χ4n) is 6.12. The lowest BCUT2D eigenvalue weighted by Gasteiger charge is -2.15. The van der Waals surface area contributed by atoms with Gasteiger partial charge in [0, 0.05) is 43.8 Å². The molecule has 0 fully saturated rings. The molecule has 5 heterocycles. The fourth-order valence-corrected chi connectivity index (χ4v) is 6.12. The zero-order chi connectivity index (χ0) is 27.1. The van der Waals surface area contributed by atoms with Crippen molar-refractivity contribution in [2.45, 2.75) is 13.3 Å². The summed E-state index contributed by atoms with van der Waals surface area (Å²) >= 11 is 0. The van der Waals surface area contributed by atoms with Gasteiger partial charge in [0.15, 0.2) is 23.3 Å². The van der Waals surface area contributed by atoms with Gasteiger partial charge >= 0.3 is 0 Å². The van der Waals surface area contributed by atoms with E-state index < -0.39 is 0 Å². The molecule has 0 radical (unpaired) electrons. The zero-order valence-electron chi connectivity index (χ0n) is 22.1. The molecule has 9 rings (SSSR count). The predicted octanol–water partition coefficient (Wildman–Crippen LogP) is 7.04. The van der Waals surface area contributed by atoms with Crippen molar-refractivity contribution in [2.75, 3.05) is 0 Å². The van der Waals surface area contributed by atoms with Gasteiger partial charge in [-0.15, -0.1) is 0 Å². The first kappa shape index (κ1) is 22.3. The van der Waals surface area contributed by atoms with Crippen LogP contribution in [0.2, 0.25) is 0 Å². The molecule has 1 aliphatic carbocycles. The monoisotopic (exact) mass is 530 g/mol. The zero-order valence-corrected chi connectivity index (χ0v) is 22.1. The Bertz CT molecular complexity index is 2320. The van der Waals surface area contributed by atoms with Gasteiger partial charge in [0.1, 0.15) is 22.6 Å². The van der Waals surface area contributed by atoms with Crippen LogP contribution in [-0.2, 0) is 0 Å². The van der Waals surface area contributed by atoms with Crippen LogP contribution >= 0.6 is 0 Å². The topological polar surface area (TPSA) is 109 Å². The summed E-state index contributed by atoms with van der Waals surface area (Å²) in [5, 5.41) is 3.89. The van der Waals surface area contributed by atoms with Crippen molar-refractivity contribution in [1.29, 1.82) is 0 Å². The maximum absolute atomic E-state index is 5.12. The Labute approximate surface area is 233 Å². The molecule has 6 aromatic rings. The van der Waals surface area contributed by atoms with Crippen LogP contribution in [0.5, 0.6) is 0 Å². The van der Waals surface area contributed by atoms with Gasteiger partial charge in [-0.25, -0.2) is 29.9 Å². The maximum Gasteiger partial charge on any atom is 0.164 e. The van der Waals surface area contributed by atoms with Crippen molar-refractivity contribution < 1.29 is 0 Å². The van der Waals surface area contributed by atoms with Crippen molar-refractivity contribution in [3.8, 4) is 22.8 Å². The van der Waals surface area contributed by atoms with Gasteiger partial charge in [0.2, 0.25) is 0 Å². The Morgan fingerprint density at radius 3 is 1.51 bits per heavy atom. The first-order chi connectivity index (χ1) is 20.2. The molecule has 8 heteroatoms. The number of hydrogen-bond acceptors (Lipinski definition) is 6. The summed E-state index contributed by atoms with van der Waals surface area (Å²) in [6.45, 7) is 2.22. The number of benzene rings is 3. The van der Waals surface area contributed by atoms with Gasteiger partial charge in [-0.2, -0.15) is 0 Å². The van der Waals surface area contributed by atoms with E-state index in [4.69, 9.17) is 29.9 Å². The first-order valence-electron chi connectivity index (χ1n) is 13.7. The molecule has 3 aromatic carbocycles. The summed E-state index contributed by atoms with van der Waals surface area (Å²) in [6, 6.07) is 24.4. The molecular formula is C33H22N8. The average molecular weight is 531 g/mol. The highest BCUT2D eigenvalue weighted by Crippen LogP contribution is 2.40. The van der Waals surface area contributed by atoms with Gasteiger partial charge in [-0.3, -0.25) is 0 Å². The van der Waals surface area contributed by atoms with Gasteiger partial charge in [-0.1, -0.05) is 91.9 Å². The summed E-state index contributed by atoms with van der Waals surface area (Å²) in [5.74, 6) is 2.80. The van der Waals surface area contributed by atoms with Crippen LogP contribution in [-0.4, -0.2) is 39.9 Å². The summed E-state index contributed by atoms with van der Waals surface area (Å²) in [4.78, 5) is 37.2. The van der Waals surface area contributed by atoms with Crippen LogP contribution in [0.25, 0.3) is 78.1 Å². The van der Waals surface area contributed by atoms with Gasteiger partial charge < -0.3 is 9.97 Å². The van der Waals surface area contributed by atoms with Crippen LogP contribution in [0.3, 0.4) is 0 Å². The molecular weight excluding hydrogens is 508 g/mol. The summed E-state index contributed by atoms with van der Waals surface area (Å²) in [5.41, 5.74) is 6.81. The van der Waals surface area contributed by atoms with Gasteiger partial charge in [0.05, 0.1) is 0 Å². The molecule has 0 spiro atoms. The number of aromatic amines is 2. The van der Waals surface area contributed by atoms with E-state index in [-0.39, 0.29) is 5.92 Å². The van der Waals surface area contributed by atoms with E-state index in [0.29, 0.717) is 45.9 Å². The quantitative estimate of drug-likeness (QED) is 0.218. The molecule has 1 atom stereocenters. The van der Waals surface area contributed by atoms with Crippen LogP contribution in [0.15, 0.2) is 84.9 Å². The Morgan fingerprint density at radius 2 is 0.976 bits per heavy atom. The second kappa shape index (κ2) is 8.25. The predicted molar refractivity (Wildman–Crippen MR) is 161 cm³/mol. The number of H-pyrrole nitrogens is 2. The molecule has 194 valence electrons. The standard InChI is InChI=1S/C33H22N8/c1-17-9-8-16-24-25(17)33-40-31-23-15-7-6-14-22(23)29(38-31)36-27-19-11-3-2-10-18(19)26(34-27)35-28-20-12-4-5-13-21(20)30(37-28)39-32(24)41-33/h2-8,10-17H,9H2,1H3,(H2,34,35,36,37,38,39,40,41). The Kier molecular flexibility index (Phi) is 4.49. The lowest BCUT2D eigenvalue weighted by atomic mass is 9.89. The molecule has 3 aliphatic rings. The number of aromatic nitrogens is 8. The van der Waals surface area contributed by atoms with Crippen molar-refractivity contribution in [3.63, 3.8) is 0 Å². The molecule has 41 heavy (non-hydrogen) atoms. The van der Waals surface area contributed by atoms with Crippen molar-refractivity contribution >= 4 is 55.3 Å². The number of hydrogen-bond donors (Lipinski definition) is 2. The maximum atomic E-state index is 5.12. The largest absolute Gasteiger partial charge is 0.324 e. The van der Waals surface area contributed by atoms with Gasteiger partial charge in [-0.05, 0) is 12.3 Å². The van der Waals surface area contributed by atoms with E-state index in [0.717, 1.165) is 50.2 Å². The first-order valence-corrected chi connectivity index (χ1v) is 13.7.